The van der Waals surface area contributed by atoms with Crippen LogP contribution in [0, 0.1) is 6.92 Å². The molecule has 0 aliphatic heterocycles. The highest BCUT2D eigenvalue weighted by atomic mass is 32.1. The number of nitrogens with zero attached hydrogens (tertiary/aromatic N) is 3. The number of benzene rings is 1. The van der Waals surface area contributed by atoms with Crippen molar-refractivity contribution in [3.8, 4) is 0 Å². The van der Waals surface area contributed by atoms with Crippen LogP contribution in [-0.4, -0.2) is 37.1 Å². The average Bonchev–Trinajstić information content (AvgIpc) is 2.91. The van der Waals surface area contributed by atoms with Crippen molar-refractivity contribution in [1.82, 2.24) is 9.88 Å². The van der Waals surface area contributed by atoms with Gasteiger partial charge in [0.25, 0.3) is 0 Å². The summed E-state index contributed by atoms with van der Waals surface area (Å²) in [7, 11) is 4.95. The fourth-order valence-electron chi connectivity index (χ4n) is 2.21. The Balaban J connectivity index is 2.20. The molecule has 136 valence electrons. The van der Waals surface area contributed by atoms with Gasteiger partial charge >= 0.3 is 12.2 Å². The molecule has 1 aromatic heterocycles. The predicted octanol–water partition coefficient (Wildman–Crippen LogP) is 4.20. The zero-order valence-electron chi connectivity index (χ0n) is 14.3. The van der Waals surface area contributed by atoms with Gasteiger partial charge in [0.15, 0.2) is 0 Å². The number of amides is 2. The largest absolute Gasteiger partial charge is 0.416 e. The summed E-state index contributed by atoms with van der Waals surface area (Å²) in [5.41, 5.74) is 0.508. The minimum Gasteiger partial charge on any atom is -0.376 e. The molecule has 0 saturated heterocycles. The molecule has 25 heavy (non-hydrogen) atoms. The van der Waals surface area contributed by atoms with Crippen molar-refractivity contribution < 1.29 is 18.0 Å². The van der Waals surface area contributed by atoms with Gasteiger partial charge < -0.3 is 15.1 Å². The van der Waals surface area contributed by atoms with Crippen molar-refractivity contribution in [2.75, 3.05) is 31.4 Å². The number of anilines is 2. The van der Waals surface area contributed by atoms with Crippen molar-refractivity contribution in [3.05, 3.63) is 39.8 Å². The number of alkyl halides is 3. The molecule has 2 aromatic rings. The first-order valence-corrected chi connectivity index (χ1v) is 8.27. The fourth-order valence-corrected chi connectivity index (χ4v) is 2.81. The minimum atomic E-state index is -4.48. The van der Waals surface area contributed by atoms with E-state index in [0.29, 0.717) is 5.69 Å². The van der Waals surface area contributed by atoms with Crippen LogP contribution in [0.15, 0.2) is 23.6 Å². The first kappa shape index (κ1) is 19.0. The molecular weight excluding hydrogens is 353 g/mol. The SMILES string of the molecule is Cc1nc(CN(C)C(=O)Nc2cc(C(F)(F)F)ccc2N(C)C)cs1. The molecule has 0 saturated carbocycles. The maximum atomic E-state index is 12.9. The molecule has 0 spiro atoms. The van der Waals surface area contributed by atoms with Gasteiger partial charge in [-0.1, -0.05) is 0 Å². The number of aromatic nitrogens is 1. The van der Waals surface area contributed by atoms with Crippen molar-refractivity contribution in [3.63, 3.8) is 0 Å². The number of urea groups is 1. The van der Waals surface area contributed by atoms with Gasteiger partial charge in [-0.15, -0.1) is 11.3 Å². The van der Waals surface area contributed by atoms with Crippen LogP contribution in [0.25, 0.3) is 0 Å². The summed E-state index contributed by atoms with van der Waals surface area (Å²) in [6, 6.07) is 2.76. The van der Waals surface area contributed by atoms with Gasteiger partial charge in [0, 0.05) is 26.5 Å². The molecule has 0 unspecified atom stereocenters. The van der Waals surface area contributed by atoms with Gasteiger partial charge in [0.2, 0.25) is 0 Å². The Hall–Kier alpha value is -2.29. The highest BCUT2D eigenvalue weighted by molar-refractivity contribution is 7.09. The average molecular weight is 372 g/mol. The number of halogens is 3. The molecule has 0 aliphatic carbocycles. The number of carbonyl (C=O) groups excluding carboxylic acids is 1. The lowest BCUT2D eigenvalue weighted by Crippen LogP contribution is -2.31. The Morgan fingerprint density at radius 1 is 1.28 bits per heavy atom. The minimum absolute atomic E-state index is 0.103. The van der Waals surface area contributed by atoms with Crippen molar-refractivity contribution in [2.45, 2.75) is 19.6 Å². The van der Waals surface area contributed by atoms with Crippen LogP contribution in [0.3, 0.4) is 0 Å². The van der Waals surface area contributed by atoms with Crippen LogP contribution in [0.1, 0.15) is 16.3 Å². The predicted molar refractivity (Wildman–Crippen MR) is 93.1 cm³/mol. The molecule has 0 fully saturated rings. The summed E-state index contributed by atoms with van der Waals surface area (Å²) >= 11 is 1.47. The lowest BCUT2D eigenvalue weighted by Gasteiger charge is -2.22. The first-order chi connectivity index (χ1) is 11.6. The van der Waals surface area contributed by atoms with Gasteiger partial charge in [-0.2, -0.15) is 13.2 Å². The van der Waals surface area contributed by atoms with E-state index in [-0.39, 0.29) is 12.2 Å². The molecular formula is C16H19F3N4OS. The van der Waals surface area contributed by atoms with E-state index < -0.39 is 17.8 Å². The summed E-state index contributed by atoms with van der Waals surface area (Å²) in [6.07, 6.45) is -4.48. The Morgan fingerprint density at radius 3 is 2.48 bits per heavy atom. The molecule has 0 radical (unpaired) electrons. The standard InChI is InChI=1S/C16H19F3N4OS/c1-10-20-12(9-25-10)8-23(4)15(24)21-13-7-11(16(17,18)19)5-6-14(13)22(2)3/h5-7,9H,8H2,1-4H3,(H,21,24). The molecule has 1 heterocycles. The smallest absolute Gasteiger partial charge is 0.376 e. The fraction of sp³-hybridized carbons (Fsp3) is 0.375. The third kappa shape index (κ3) is 4.85. The van der Waals surface area contributed by atoms with Crippen LogP contribution in [-0.2, 0) is 12.7 Å². The van der Waals surface area contributed by atoms with Crippen molar-refractivity contribution in [1.29, 1.82) is 0 Å². The summed E-state index contributed by atoms with van der Waals surface area (Å²) in [5, 5.41) is 5.28. The number of aryl methyl sites for hydroxylation is 1. The number of carbonyl (C=O) groups is 1. The molecule has 0 bridgehead atoms. The molecule has 1 aromatic carbocycles. The second-order valence-electron chi connectivity index (χ2n) is 5.77. The topological polar surface area (TPSA) is 48.5 Å². The van der Waals surface area contributed by atoms with E-state index in [0.717, 1.165) is 22.8 Å². The normalized spacial score (nSPS) is 11.3. The van der Waals surface area contributed by atoms with Gasteiger partial charge in [0.1, 0.15) is 0 Å². The molecule has 0 aliphatic rings. The van der Waals surface area contributed by atoms with Gasteiger partial charge in [-0.3, -0.25) is 0 Å². The first-order valence-electron chi connectivity index (χ1n) is 7.39. The van der Waals surface area contributed by atoms with Gasteiger partial charge in [-0.05, 0) is 25.1 Å². The molecule has 1 N–H and O–H groups in total. The number of rotatable bonds is 4. The second-order valence-corrected chi connectivity index (χ2v) is 6.83. The molecule has 2 amide bonds. The maximum Gasteiger partial charge on any atom is 0.416 e. The van der Waals surface area contributed by atoms with E-state index in [1.165, 1.54) is 22.3 Å². The number of hydrogen-bond donors (Lipinski definition) is 1. The van der Waals surface area contributed by atoms with Crippen LogP contribution < -0.4 is 10.2 Å². The van der Waals surface area contributed by atoms with E-state index in [1.807, 2.05) is 12.3 Å². The third-order valence-electron chi connectivity index (χ3n) is 3.46. The Kier molecular flexibility index (Phi) is 5.56. The quantitative estimate of drug-likeness (QED) is 0.875. The zero-order valence-corrected chi connectivity index (χ0v) is 15.1. The number of nitrogens with one attached hydrogen (secondary N) is 1. The van der Waals surface area contributed by atoms with Crippen LogP contribution in [0.2, 0.25) is 0 Å². The number of thiazole rings is 1. The molecule has 2 rings (SSSR count). The zero-order chi connectivity index (χ0) is 18.8. The lowest BCUT2D eigenvalue weighted by atomic mass is 10.1. The Labute approximate surface area is 148 Å². The van der Waals surface area contributed by atoms with E-state index in [9.17, 15) is 18.0 Å². The highest BCUT2D eigenvalue weighted by Gasteiger charge is 2.31. The summed E-state index contributed by atoms with van der Waals surface area (Å²) < 4.78 is 38.8. The van der Waals surface area contributed by atoms with Crippen LogP contribution in [0.4, 0.5) is 29.3 Å². The summed E-state index contributed by atoms with van der Waals surface area (Å²) in [4.78, 5) is 19.6. The van der Waals surface area contributed by atoms with Crippen molar-refractivity contribution >= 4 is 28.7 Å². The van der Waals surface area contributed by atoms with E-state index >= 15 is 0 Å². The van der Waals surface area contributed by atoms with Crippen LogP contribution >= 0.6 is 11.3 Å². The molecule has 0 atom stereocenters. The Bertz CT molecular complexity index is 758. The third-order valence-corrected chi connectivity index (χ3v) is 4.28. The maximum absolute atomic E-state index is 12.9. The monoisotopic (exact) mass is 372 g/mol. The van der Waals surface area contributed by atoms with Gasteiger partial charge in [0.05, 0.1) is 34.2 Å². The molecule has 9 heteroatoms. The van der Waals surface area contributed by atoms with E-state index in [1.54, 1.807) is 26.0 Å². The van der Waals surface area contributed by atoms with Crippen LogP contribution in [0.5, 0.6) is 0 Å². The lowest BCUT2D eigenvalue weighted by molar-refractivity contribution is -0.137. The second kappa shape index (κ2) is 7.30. The summed E-state index contributed by atoms with van der Waals surface area (Å²) in [6.45, 7) is 2.13. The summed E-state index contributed by atoms with van der Waals surface area (Å²) in [5.74, 6) is 0. The van der Waals surface area contributed by atoms with E-state index in [4.69, 9.17) is 0 Å². The van der Waals surface area contributed by atoms with Crippen molar-refractivity contribution in [2.24, 2.45) is 0 Å². The molecule has 5 nitrogen and oxygen atoms in total. The van der Waals surface area contributed by atoms with E-state index in [2.05, 4.69) is 10.3 Å². The Morgan fingerprint density at radius 2 is 1.96 bits per heavy atom. The number of hydrogen-bond acceptors (Lipinski definition) is 4. The highest BCUT2D eigenvalue weighted by Crippen LogP contribution is 2.35. The van der Waals surface area contributed by atoms with Gasteiger partial charge in [-0.25, -0.2) is 9.78 Å².